The minimum Gasteiger partial charge on any atom is -0.389 e. The van der Waals surface area contributed by atoms with E-state index in [-0.39, 0.29) is 0 Å². The lowest BCUT2D eigenvalue weighted by Gasteiger charge is -2.16. The van der Waals surface area contributed by atoms with Gasteiger partial charge in [-0.1, -0.05) is 6.07 Å². The van der Waals surface area contributed by atoms with Gasteiger partial charge in [0.25, 0.3) is 0 Å². The van der Waals surface area contributed by atoms with E-state index in [2.05, 4.69) is 15.4 Å². The lowest BCUT2D eigenvalue weighted by molar-refractivity contribution is 0.0943. The van der Waals surface area contributed by atoms with Crippen molar-refractivity contribution in [1.82, 2.24) is 14.6 Å². The maximum Gasteiger partial charge on any atom is 0.243 e. The van der Waals surface area contributed by atoms with E-state index in [1.54, 1.807) is 18.4 Å². The average Bonchev–Trinajstić information content (AvgIpc) is 2.56. The van der Waals surface area contributed by atoms with Crippen LogP contribution in [0.1, 0.15) is 13.8 Å². The predicted molar refractivity (Wildman–Crippen MR) is 57.8 cm³/mol. The van der Waals surface area contributed by atoms with Crippen LogP contribution in [-0.4, -0.2) is 31.9 Å². The zero-order chi connectivity index (χ0) is 10.9. The van der Waals surface area contributed by atoms with Gasteiger partial charge in [-0.15, -0.1) is 5.10 Å². The number of aromatic nitrogens is 3. The van der Waals surface area contributed by atoms with Crippen LogP contribution >= 0.6 is 0 Å². The highest BCUT2D eigenvalue weighted by molar-refractivity contribution is 5.42. The Hall–Kier alpha value is -1.62. The largest absolute Gasteiger partial charge is 0.389 e. The Morgan fingerprint density at radius 2 is 2.27 bits per heavy atom. The fourth-order valence-corrected chi connectivity index (χ4v) is 1.20. The second kappa shape index (κ2) is 3.51. The van der Waals surface area contributed by atoms with Crippen LogP contribution in [0.2, 0.25) is 0 Å². The zero-order valence-electron chi connectivity index (χ0n) is 8.81. The minimum atomic E-state index is -0.766. The van der Waals surface area contributed by atoms with Crippen LogP contribution in [0, 0.1) is 0 Å². The van der Waals surface area contributed by atoms with Crippen molar-refractivity contribution in [3.05, 3.63) is 24.4 Å². The molecule has 0 fully saturated rings. The van der Waals surface area contributed by atoms with Crippen LogP contribution in [-0.2, 0) is 0 Å². The molecule has 5 nitrogen and oxygen atoms in total. The van der Waals surface area contributed by atoms with Gasteiger partial charge in [0.1, 0.15) is 0 Å². The van der Waals surface area contributed by atoms with Gasteiger partial charge in [0.2, 0.25) is 5.95 Å². The van der Waals surface area contributed by atoms with Crippen LogP contribution in [0.25, 0.3) is 5.65 Å². The fraction of sp³-hybridized carbons (Fsp3) is 0.400. The predicted octanol–water partition coefficient (Wildman–Crippen LogP) is 0.912. The van der Waals surface area contributed by atoms with Crippen molar-refractivity contribution in [3.63, 3.8) is 0 Å². The summed E-state index contributed by atoms with van der Waals surface area (Å²) < 4.78 is 1.69. The molecule has 0 aliphatic rings. The van der Waals surface area contributed by atoms with Gasteiger partial charge in [0.05, 0.1) is 5.60 Å². The van der Waals surface area contributed by atoms with Gasteiger partial charge >= 0.3 is 0 Å². The molecule has 0 unspecified atom stereocenters. The molecule has 2 aromatic rings. The van der Waals surface area contributed by atoms with Crippen molar-refractivity contribution in [2.24, 2.45) is 0 Å². The Bertz CT molecular complexity index is 425. The average molecular weight is 206 g/mol. The Labute approximate surface area is 87.8 Å². The number of hydrogen-bond donors (Lipinski definition) is 2. The van der Waals surface area contributed by atoms with Crippen molar-refractivity contribution in [1.29, 1.82) is 0 Å². The standard InChI is InChI=1S/C10H14N4O/c1-10(2,15)7-11-9-12-8-5-3-4-6-14(8)13-9/h3-6,15H,7H2,1-2H3,(H,11,13). The van der Waals surface area contributed by atoms with Crippen LogP contribution in [0.15, 0.2) is 24.4 Å². The van der Waals surface area contributed by atoms with Crippen LogP contribution in [0.3, 0.4) is 0 Å². The molecule has 2 rings (SSSR count). The first-order valence-electron chi connectivity index (χ1n) is 4.82. The lowest BCUT2D eigenvalue weighted by Crippen LogP contribution is -2.29. The molecule has 0 atom stereocenters. The van der Waals surface area contributed by atoms with Gasteiger partial charge in [0, 0.05) is 12.7 Å². The number of nitrogens with one attached hydrogen (secondary N) is 1. The molecule has 0 aliphatic carbocycles. The molecule has 0 aliphatic heterocycles. The highest BCUT2D eigenvalue weighted by atomic mass is 16.3. The summed E-state index contributed by atoms with van der Waals surface area (Å²) in [6, 6.07) is 5.67. The van der Waals surface area contributed by atoms with E-state index in [0.29, 0.717) is 12.5 Å². The van der Waals surface area contributed by atoms with E-state index in [9.17, 15) is 5.11 Å². The number of nitrogens with zero attached hydrogens (tertiary/aromatic N) is 3. The summed E-state index contributed by atoms with van der Waals surface area (Å²) in [5.41, 5.74) is 0.0213. The molecular weight excluding hydrogens is 192 g/mol. The second-order valence-electron chi connectivity index (χ2n) is 4.10. The summed E-state index contributed by atoms with van der Waals surface area (Å²) in [6.07, 6.45) is 1.83. The molecular formula is C10H14N4O. The first kappa shape index (κ1) is 9.92. The molecule has 0 saturated carbocycles. The molecule has 0 spiro atoms. The quantitative estimate of drug-likeness (QED) is 0.783. The van der Waals surface area contributed by atoms with Gasteiger partial charge in [-0.25, -0.2) is 4.52 Å². The fourth-order valence-electron chi connectivity index (χ4n) is 1.20. The van der Waals surface area contributed by atoms with Crippen LogP contribution < -0.4 is 5.32 Å². The second-order valence-corrected chi connectivity index (χ2v) is 4.10. The highest BCUT2D eigenvalue weighted by Gasteiger charge is 2.13. The number of rotatable bonds is 3. The van der Waals surface area contributed by atoms with Gasteiger partial charge in [0.15, 0.2) is 5.65 Å². The molecule has 5 heteroatoms. The van der Waals surface area contributed by atoms with E-state index in [1.165, 1.54) is 0 Å². The first-order valence-corrected chi connectivity index (χ1v) is 4.82. The van der Waals surface area contributed by atoms with E-state index in [1.807, 2.05) is 24.4 Å². The summed E-state index contributed by atoms with van der Waals surface area (Å²) in [5.74, 6) is 0.531. The monoisotopic (exact) mass is 206 g/mol. The number of pyridine rings is 1. The molecule has 2 N–H and O–H groups in total. The van der Waals surface area contributed by atoms with Crippen molar-refractivity contribution in [3.8, 4) is 0 Å². The van der Waals surface area contributed by atoms with Crippen molar-refractivity contribution < 1.29 is 5.11 Å². The zero-order valence-corrected chi connectivity index (χ0v) is 8.81. The van der Waals surface area contributed by atoms with Gasteiger partial charge in [-0.2, -0.15) is 4.98 Å². The van der Waals surface area contributed by atoms with Gasteiger partial charge in [-0.05, 0) is 26.0 Å². The summed E-state index contributed by atoms with van der Waals surface area (Å²) in [4.78, 5) is 4.25. The third kappa shape index (κ3) is 2.44. The van der Waals surface area contributed by atoms with Crippen molar-refractivity contribution in [2.45, 2.75) is 19.4 Å². The maximum absolute atomic E-state index is 9.53. The molecule has 15 heavy (non-hydrogen) atoms. The topological polar surface area (TPSA) is 62.5 Å². The number of aliphatic hydroxyl groups is 1. The lowest BCUT2D eigenvalue weighted by atomic mass is 10.1. The van der Waals surface area contributed by atoms with Crippen LogP contribution in [0.4, 0.5) is 5.95 Å². The Balaban J connectivity index is 2.16. The first-order chi connectivity index (χ1) is 7.04. The summed E-state index contributed by atoms with van der Waals surface area (Å²) in [7, 11) is 0. The molecule has 0 aromatic carbocycles. The smallest absolute Gasteiger partial charge is 0.243 e. The normalized spacial score (nSPS) is 11.9. The molecule has 0 amide bonds. The minimum absolute atomic E-state index is 0.421. The molecule has 0 radical (unpaired) electrons. The van der Waals surface area contributed by atoms with Gasteiger partial charge in [-0.3, -0.25) is 0 Å². The summed E-state index contributed by atoms with van der Waals surface area (Å²) >= 11 is 0. The van der Waals surface area contributed by atoms with E-state index in [4.69, 9.17) is 0 Å². The van der Waals surface area contributed by atoms with Crippen molar-refractivity contribution in [2.75, 3.05) is 11.9 Å². The molecule has 2 aromatic heterocycles. The molecule has 0 saturated heterocycles. The molecule has 2 heterocycles. The van der Waals surface area contributed by atoms with E-state index in [0.717, 1.165) is 5.65 Å². The Kier molecular flexibility index (Phi) is 2.32. The van der Waals surface area contributed by atoms with Crippen LogP contribution in [0.5, 0.6) is 0 Å². The number of fused-ring (bicyclic) bond motifs is 1. The Morgan fingerprint density at radius 3 is 2.93 bits per heavy atom. The molecule has 0 bridgehead atoms. The Morgan fingerprint density at radius 1 is 1.47 bits per heavy atom. The van der Waals surface area contributed by atoms with E-state index < -0.39 is 5.60 Å². The summed E-state index contributed by atoms with van der Waals surface area (Å²) in [6.45, 7) is 3.88. The van der Waals surface area contributed by atoms with Crippen molar-refractivity contribution >= 4 is 11.6 Å². The van der Waals surface area contributed by atoms with Gasteiger partial charge < -0.3 is 10.4 Å². The third-order valence-corrected chi connectivity index (χ3v) is 1.92. The number of hydrogen-bond acceptors (Lipinski definition) is 4. The number of anilines is 1. The summed E-state index contributed by atoms with van der Waals surface area (Å²) in [5, 5.41) is 16.7. The SMILES string of the molecule is CC(C)(O)CNc1nc2ccccn2n1. The van der Waals surface area contributed by atoms with E-state index >= 15 is 0 Å². The maximum atomic E-state index is 9.53. The highest BCUT2D eigenvalue weighted by Crippen LogP contribution is 2.06. The molecule has 80 valence electrons. The third-order valence-electron chi connectivity index (χ3n) is 1.92.